The molecule has 3 aliphatic heterocycles. The van der Waals surface area contributed by atoms with Crippen molar-refractivity contribution in [3.8, 4) is 0 Å². The van der Waals surface area contributed by atoms with Crippen molar-refractivity contribution in [3.05, 3.63) is 0 Å². The first-order chi connectivity index (χ1) is 7.19. The molecule has 4 rings (SSSR count). The summed E-state index contributed by atoms with van der Waals surface area (Å²) in [5, 5.41) is 0. The highest BCUT2D eigenvalue weighted by molar-refractivity contribution is 5.01. The molecular weight excluding hydrogens is 196 g/mol. The smallest absolute Gasteiger partial charge is 0.202 e. The van der Waals surface area contributed by atoms with Crippen LogP contribution in [0.1, 0.15) is 39.0 Å². The lowest BCUT2D eigenvalue weighted by atomic mass is 9.69. The maximum atomic E-state index is 5.81. The Morgan fingerprint density at radius 3 is 2.93 bits per heavy atom. The minimum atomic E-state index is -0.607. The van der Waals surface area contributed by atoms with E-state index in [1.165, 1.54) is 19.3 Å². The molecule has 4 aliphatic rings. The van der Waals surface area contributed by atoms with E-state index in [4.69, 9.17) is 19.2 Å². The van der Waals surface area contributed by atoms with Crippen LogP contribution in [0.5, 0.6) is 0 Å². The molecule has 4 atom stereocenters. The molecule has 1 unspecified atom stereocenters. The highest BCUT2D eigenvalue weighted by Crippen LogP contribution is 2.54. The van der Waals surface area contributed by atoms with Crippen molar-refractivity contribution in [3.63, 3.8) is 0 Å². The Balaban J connectivity index is 1.94. The van der Waals surface area contributed by atoms with E-state index in [1.54, 1.807) is 7.11 Å². The van der Waals surface area contributed by atoms with E-state index in [-0.39, 0.29) is 11.9 Å². The van der Waals surface area contributed by atoms with Crippen LogP contribution in [-0.2, 0) is 19.2 Å². The molecule has 1 aliphatic carbocycles. The van der Waals surface area contributed by atoms with Gasteiger partial charge in [-0.05, 0) is 19.8 Å². The van der Waals surface area contributed by atoms with E-state index < -0.39 is 5.79 Å². The van der Waals surface area contributed by atoms with Gasteiger partial charge in [0.25, 0.3) is 0 Å². The van der Waals surface area contributed by atoms with Gasteiger partial charge < -0.3 is 9.47 Å². The van der Waals surface area contributed by atoms with Crippen molar-refractivity contribution >= 4 is 0 Å². The fourth-order valence-corrected chi connectivity index (χ4v) is 3.26. The zero-order valence-corrected chi connectivity index (χ0v) is 9.32. The Hall–Kier alpha value is -0.160. The van der Waals surface area contributed by atoms with Gasteiger partial charge in [-0.1, -0.05) is 12.8 Å². The van der Waals surface area contributed by atoms with Crippen molar-refractivity contribution in [2.45, 2.75) is 56.7 Å². The average Bonchev–Trinajstić information content (AvgIpc) is 2.26. The molecule has 0 amide bonds. The van der Waals surface area contributed by atoms with Crippen LogP contribution in [0.2, 0.25) is 0 Å². The van der Waals surface area contributed by atoms with Gasteiger partial charge in [0.2, 0.25) is 5.79 Å². The third-order valence-electron chi connectivity index (χ3n) is 4.02. The lowest BCUT2D eigenvalue weighted by Crippen LogP contribution is -2.68. The average molecular weight is 214 g/mol. The molecule has 15 heavy (non-hydrogen) atoms. The van der Waals surface area contributed by atoms with Crippen LogP contribution in [-0.4, -0.2) is 24.8 Å². The van der Waals surface area contributed by atoms with Gasteiger partial charge >= 0.3 is 0 Å². The molecule has 0 radical (unpaired) electrons. The molecule has 4 heteroatoms. The molecule has 1 spiro atoms. The summed E-state index contributed by atoms with van der Waals surface area (Å²) in [5.41, 5.74) is -0.342. The van der Waals surface area contributed by atoms with Gasteiger partial charge in [0.05, 0.1) is 0 Å². The Labute approximate surface area is 89.8 Å². The van der Waals surface area contributed by atoms with E-state index >= 15 is 0 Å². The molecule has 0 N–H and O–H groups in total. The zero-order chi connectivity index (χ0) is 10.5. The van der Waals surface area contributed by atoms with Gasteiger partial charge in [0.15, 0.2) is 11.9 Å². The summed E-state index contributed by atoms with van der Waals surface area (Å²) in [6.45, 7) is 1.93. The normalized spacial score (nSPS) is 54.0. The summed E-state index contributed by atoms with van der Waals surface area (Å²) in [6.07, 6.45) is 5.28. The summed E-state index contributed by atoms with van der Waals surface area (Å²) < 4.78 is 11.2. The van der Waals surface area contributed by atoms with Crippen LogP contribution in [0.25, 0.3) is 0 Å². The lowest BCUT2D eigenvalue weighted by molar-refractivity contribution is -0.587. The maximum absolute atomic E-state index is 5.81. The molecule has 0 aromatic heterocycles. The molecule has 4 nitrogen and oxygen atoms in total. The molecule has 86 valence electrons. The summed E-state index contributed by atoms with van der Waals surface area (Å²) in [4.78, 5) is 11.0. The van der Waals surface area contributed by atoms with Gasteiger partial charge in [-0.15, -0.1) is 0 Å². The largest absolute Gasteiger partial charge is 0.353 e. The predicted octanol–water partition coefficient (Wildman–Crippen LogP) is 1.99. The van der Waals surface area contributed by atoms with Crippen LogP contribution in [0.15, 0.2) is 0 Å². The highest BCUT2D eigenvalue weighted by atomic mass is 17.3. The van der Waals surface area contributed by atoms with Crippen molar-refractivity contribution in [2.24, 2.45) is 5.92 Å². The van der Waals surface area contributed by atoms with Crippen LogP contribution in [0.3, 0.4) is 0 Å². The second-order valence-corrected chi connectivity index (χ2v) is 5.09. The molecular formula is C11H18O4. The molecule has 0 aromatic carbocycles. The molecule has 3 saturated heterocycles. The number of hydrogen-bond acceptors (Lipinski definition) is 4. The lowest BCUT2D eigenvalue weighted by Gasteiger charge is -2.58. The monoisotopic (exact) mass is 214 g/mol. The second kappa shape index (κ2) is 3.17. The van der Waals surface area contributed by atoms with Crippen molar-refractivity contribution in [2.75, 3.05) is 7.11 Å². The fraction of sp³-hybridized carbons (Fsp3) is 1.00. The Bertz CT molecular complexity index is 257. The van der Waals surface area contributed by atoms with Crippen LogP contribution in [0, 0.1) is 5.92 Å². The molecule has 1 saturated carbocycles. The van der Waals surface area contributed by atoms with E-state index in [0.29, 0.717) is 5.92 Å². The predicted molar refractivity (Wildman–Crippen MR) is 51.8 cm³/mol. The first-order valence-electron chi connectivity index (χ1n) is 5.76. The minimum Gasteiger partial charge on any atom is -0.353 e. The fourth-order valence-electron chi connectivity index (χ4n) is 3.26. The SMILES string of the molecule is CO[C@@H]1O[C@@]2(C)CC3CCCC[C@]31OO2. The van der Waals surface area contributed by atoms with E-state index in [1.807, 2.05) is 6.92 Å². The molecule has 0 aromatic rings. The summed E-state index contributed by atoms with van der Waals surface area (Å²) >= 11 is 0. The topological polar surface area (TPSA) is 36.9 Å². The standard InChI is InChI=1S/C11H18O4/c1-10-7-8-5-3-4-6-11(8,15-14-10)9(12-2)13-10/h8-9H,3-7H2,1-2H3/t8?,9-,10-,11+/m1/s1. The van der Waals surface area contributed by atoms with E-state index in [2.05, 4.69) is 0 Å². The van der Waals surface area contributed by atoms with Crippen molar-refractivity contribution in [1.29, 1.82) is 0 Å². The van der Waals surface area contributed by atoms with Gasteiger partial charge in [0, 0.05) is 19.4 Å². The number of fused-ring (bicyclic) bond motifs is 2. The second-order valence-electron chi connectivity index (χ2n) is 5.09. The number of methoxy groups -OCH3 is 1. The third kappa shape index (κ3) is 1.29. The van der Waals surface area contributed by atoms with E-state index in [0.717, 1.165) is 12.8 Å². The van der Waals surface area contributed by atoms with Gasteiger partial charge in [-0.25, -0.2) is 9.78 Å². The Kier molecular flexibility index (Phi) is 2.12. The molecule has 3 heterocycles. The molecule has 2 bridgehead atoms. The minimum absolute atomic E-state index is 0.268. The Morgan fingerprint density at radius 1 is 1.27 bits per heavy atom. The van der Waals surface area contributed by atoms with Gasteiger partial charge in [0.1, 0.15) is 0 Å². The van der Waals surface area contributed by atoms with Crippen LogP contribution < -0.4 is 0 Å². The highest BCUT2D eigenvalue weighted by Gasteiger charge is 2.63. The summed E-state index contributed by atoms with van der Waals surface area (Å²) in [6, 6.07) is 0. The number of ether oxygens (including phenoxy) is 2. The number of hydrogen-bond donors (Lipinski definition) is 0. The maximum Gasteiger partial charge on any atom is 0.202 e. The zero-order valence-electron chi connectivity index (χ0n) is 9.32. The van der Waals surface area contributed by atoms with Crippen LogP contribution in [0.4, 0.5) is 0 Å². The molecule has 4 fully saturated rings. The number of rotatable bonds is 1. The van der Waals surface area contributed by atoms with Crippen LogP contribution >= 0.6 is 0 Å². The van der Waals surface area contributed by atoms with Gasteiger partial charge in [-0.2, -0.15) is 0 Å². The summed E-state index contributed by atoms with van der Waals surface area (Å²) in [5.74, 6) is -0.0894. The summed E-state index contributed by atoms with van der Waals surface area (Å²) in [7, 11) is 1.68. The quantitative estimate of drug-likeness (QED) is 0.625. The van der Waals surface area contributed by atoms with Crippen molar-refractivity contribution < 1.29 is 19.2 Å². The van der Waals surface area contributed by atoms with Crippen molar-refractivity contribution in [1.82, 2.24) is 0 Å². The third-order valence-corrected chi connectivity index (χ3v) is 4.02. The van der Waals surface area contributed by atoms with E-state index in [9.17, 15) is 0 Å². The first-order valence-corrected chi connectivity index (χ1v) is 5.76. The first kappa shape index (κ1) is 10.0. The Morgan fingerprint density at radius 2 is 2.13 bits per heavy atom. The van der Waals surface area contributed by atoms with Gasteiger partial charge in [-0.3, -0.25) is 0 Å².